The zero-order valence-corrected chi connectivity index (χ0v) is 19.8. The molecule has 0 aliphatic carbocycles. The first-order chi connectivity index (χ1) is 15.4. The predicted molar refractivity (Wildman–Crippen MR) is 119 cm³/mol. The molecule has 1 aliphatic heterocycles. The number of hydrogen-bond donors (Lipinski definition) is 1. The summed E-state index contributed by atoms with van der Waals surface area (Å²) in [7, 11) is -7.68. The highest BCUT2D eigenvalue weighted by atomic mass is 32.2. The second-order valence-electron chi connectivity index (χ2n) is 8.15. The van der Waals surface area contributed by atoms with Gasteiger partial charge in [-0.15, -0.1) is 0 Å². The van der Waals surface area contributed by atoms with Gasteiger partial charge in [0.25, 0.3) is 0 Å². The normalized spacial score (nSPS) is 17.5. The lowest BCUT2D eigenvalue weighted by Crippen LogP contribution is -2.39. The summed E-state index contributed by atoms with van der Waals surface area (Å²) in [5.41, 5.74) is -0.442. The van der Waals surface area contributed by atoms with E-state index >= 15 is 0 Å². The molecule has 1 N–H and O–H groups in total. The highest BCUT2D eigenvalue weighted by molar-refractivity contribution is 7.90. The molecule has 3 rings (SSSR count). The number of nitrogens with zero attached hydrogens (tertiary/aromatic N) is 1. The minimum Gasteiger partial charge on any atom is -0.295 e. The summed E-state index contributed by atoms with van der Waals surface area (Å²) in [6, 6.07) is 9.23. The van der Waals surface area contributed by atoms with Crippen LogP contribution in [0.4, 0.5) is 13.2 Å². The first-order valence-electron chi connectivity index (χ1n) is 10.6. The maximum atomic E-state index is 12.8. The summed E-state index contributed by atoms with van der Waals surface area (Å²) in [4.78, 5) is 1.92. The van der Waals surface area contributed by atoms with Gasteiger partial charge >= 0.3 is 6.18 Å². The van der Waals surface area contributed by atoms with Crippen LogP contribution in [0.5, 0.6) is 0 Å². The predicted octanol–water partition coefficient (Wildman–Crippen LogP) is 4.00. The van der Waals surface area contributed by atoms with Crippen LogP contribution >= 0.6 is 0 Å². The van der Waals surface area contributed by atoms with Gasteiger partial charge in [-0.3, -0.25) is 4.90 Å². The van der Waals surface area contributed by atoms with Crippen molar-refractivity contribution in [2.45, 2.75) is 47.7 Å². The van der Waals surface area contributed by atoms with E-state index < -0.39 is 37.6 Å². The second kappa shape index (κ2) is 10.1. The molecule has 1 fully saturated rings. The Balaban J connectivity index is 1.91. The van der Waals surface area contributed by atoms with E-state index in [0.717, 1.165) is 56.2 Å². The van der Waals surface area contributed by atoms with E-state index in [1.807, 2.05) is 0 Å². The van der Waals surface area contributed by atoms with Crippen LogP contribution in [0.2, 0.25) is 0 Å². The molecule has 11 heteroatoms. The van der Waals surface area contributed by atoms with Crippen molar-refractivity contribution in [2.75, 3.05) is 25.9 Å². The molecule has 1 heterocycles. The summed E-state index contributed by atoms with van der Waals surface area (Å²) in [5.74, 6) is 0. The molecule has 0 bridgehead atoms. The van der Waals surface area contributed by atoms with E-state index in [4.69, 9.17) is 0 Å². The number of rotatable bonds is 7. The van der Waals surface area contributed by atoms with E-state index in [-0.39, 0.29) is 16.3 Å². The number of sulfone groups is 1. The van der Waals surface area contributed by atoms with Crippen molar-refractivity contribution in [1.82, 2.24) is 9.62 Å². The monoisotopic (exact) mass is 504 g/mol. The highest BCUT2D eigenvalue weighted by Crippen LogP contribution is 2.31. The van der Waals surface area contributed by atoms with E-state index in [1.54, 1.807) is 18.2 Å². The van der Waals surface area contributed by atoms with E-state index in [0.29, 0.717) is 18.7 Å². The minimum absolute atomic E-state index is 0.115. The molecule has 1 saturated heterocycles. The fourth-order valence-corrected chi connectivity index (χ4v) is 6.03. The molecular formula is C22H27F3N2O4S2. The summed E-state index contributed by atoms with van der Waals surface area (Å²) in [5, 5.41) is 0. The molecule has 6 nitrogen and oxygen atoms in total. The van der Waals surface area contributed by atoms with Crippen LogP contribution in [0.25, 0.3) is 0 Å². The average molecular weight is 505 g/mol. The van der Waals surface area contributed by atoms with Crippen molar-refractivity contribution in [2.24, 2.45) is 0 Å². The molecule has 182 valence electrons. The average Bonchev–Trinajstić information content (AvgIpc) is 3.02. The van der Waals surface area contributed by atoms with Crippen LogP contribution in [0, 0.1) is 0 Å². The standard InChI is InChI=1S/C22H27F3N2O4S2/c1-32(28,29)21-9-5-4-8-19(21)20(27-14-6-2-3-7-15-27)16-26-33(30,31)18-12-10-17(11-13-18)22(23,24)25/h4-5,8-13,20,26H,2-3,6-7,14-16H2,1H3. The molecule has 2 aromatic rings. The van der Waals surface area contributed by atoms with Gasteiger partial charge in [0.1, 0.15) is 0 Å². The quantitative estimate of drug-likeness (QED) is 0.616. The zero-order valence-electron chi connectivity index (χ0n) is 18.2. The maximum absolute atomic E-state index is 12.8. The number of hydrogen-bond acceptors (Lipinski definition) is 5. The van der Waals surface area contributed by atoms with Crippen molar-refractivity contribution >= 4 is 19.9 Å². The van der Waals surface area contributed by atoms with Gasteiger partial charge in [-0.25, -0.2) is 21.6 Å². The fraction of sp³-hybridized carbons (Fsp3) is 0.455. The largest absolute Gasteiger partial charge is 0.416 e. The third-order valence-corrected chi connectivity index (χ3v) is 8.33. The maximum Gasteiger partial charge on any atom is 0.416 e. The number of alkyl halides is 3. The van der Waals surface area contributed by atoms with Crippen LogP contribution < -0.4 is 4.72 Å². The summed E-state index contributed by atoms with van der Waals surface area (Å²) >= 11 is 0. The van der Waals surface area contributed by atoms with E-state index in [9.17, 15) is 30.0 Å². The van der Waals surface area contributed by atoms with Gasteiger partial charge in [0.2, 0.25) is 10.0 Å². The SMILES string of the molecule is CS(=O)(=O)c1ccccc1C(CNS(=O)(=O)c1ccc(C(F)(F)F)cc1)N1CCCCCC1. The Morgan fingerprint density at radius 2 is 1.48 bits per heavy atom. The van der Waals surface area contributed by atoms with Crippen molar-refractivity contribution in [1.29, 1.82) is 0 Å². The molecule has 0 spiro atoms. The Morgan fingerprint density at radius 3 is 2.03 bits per heavy atom. The molecule has 1 atom stereocenters. The van der Waals surface area contributed by atoms with Gasteiger partial charge in [0.05, 0.1) is 15.4 Å². The molecule has 0 amide bonds. The number of sulfonamides is 1. The van der Waals surface area contributed by atoms with Gasteiger partial charge in [0.15, 0.2) is 9.84 Å². The number of likely N-dealkylation sites (tertiary alicyclic amines) is 1. The molecule has 0 saturated carbocycles. The van der Waals surface area contributed by atoms with Crippen molar-refractivity contribution in [3.05, 3.63) is 59.7 Å². The Labute approximate surface area is 192 Å². The van der Waals surface area contributed by atoms with E-state index in [1.165, 1.54) is 6.07 Å². The van der Waals surface area contributed by atoms with Crippen LogP contribution in [0.15, 0.2) is 58.3 Å². The first-order valence-corrected chi connectivity index (χ1v) is 14.0. The van der Waals surface area contributed by atoms with E-state index in [2.05, 4.69) is 9.62 Å². The number of halogens is 3. The summed E-state index contributed by atoms with van der Waals surface area (Å²) in [6.45, 7) is 1.26. The Morgan fingerprint density at radius 1 is 0.909 bits per heavy atom. The third kappa shape index (κ3) is 6.56. The molecule has 0 aromatic heterocycles. The van der Waals surface area contributed by atoms with Crippen molar-refractivity contribution < 1.29 is 30.0 Å². The minimum atomic E-state index is -4.57. The Kier molecular flexibility index (Phi) is 7.87. The van der Waals surface area contributed by atoms with Gasteiger partial charge < -0.3 is 0 Å². The van der Waals surface area contributed by atoms with Gasteiger partial charge in [-0.05, 0) is 61.8 Å². The van der Waals surface area contributed by atoms with Gasteiger partial charge in [-0.2, -0.15) is 13.2 Å². The summed E-state index contributed by atoms with van der Waals surface area (Å²) < 4.78 is 91.4. The first kappa shape index (κ1) is 25.7. The van der Waals surface area contributed by atoms with Crippen LogP contribution in [0.3, 0.4) is 0 Å². The van der Waals surface area contributed by atoms with Crippen LogP contribution in [-0.4, -0.2) is 47.6 Å². The Hall–Kier alpha value is -1.95. The van der Waals surface area contributed by atoms with Gasteiger partial charge in [0, 0.05) is 18.8 Å². The highest BCUT2D eigenvalue weighted by Gasteiger charge is 2.31. The lowest BCUT2D eigenvalue weighted by atomic mass is 10.0. The molecule has 33 heavy (non-hydrogen) atoms. The second-order valence-corrected chi connectivity index (χ2v) is 11.9. The molecule has 0 radical (unpaired) electrons. The zero-order chi connectivity index (χ0) is 24.3. The smallest absolute Gasteiger partial charge is 0.295 e. The Bertz CT molecular complexity index is 1160. The van der Waals surface area contributed by atoms with Gasteiger partial charge in [-0.1, -0.05) is 31.0 Å². The lowest BCUT2D eigenvalue weighted by Gasteiger charge is -2.32. The molecule has 2 aromatic carbocycles. The molecule has 1 aliphatic rings. The molecule has 1 unspecified atom stereocenters. The fourth-order valence-electron chi connectivity index (χ4n) is 4.03. The topological polar surface area (TPSA) is 83.5 Å². The number of benzene rings is 2. The molecular weight excluding hydrogens is 477 g/mol. The van der Waals surface area contributed by atoms with Crippen LogP contribution in [0.1, 0.15) is 42.9 Å². The third-order valence-electron chi connectivity index (χ3n) is 5.72. The van der Waals surface area contributed by atoms with Crippen molar-refractivity contribution in [3.63, 3.8) is 0 Å². The summed E-state index contributed by atoms with van der Waals surface area (Å²) in [6.07, 6.45) is 0.426. The van der Waals surface area contributed by atoms with Crippen LogP contribution in [-0.2, 0) is 26.0 Å². The van der Waals surface area contributed by atoms with Crippen molar-refractivity contribution in [3.8, 4) is 0 Å². The number of nitrogens with one attached hydrogen (secondary N) is 1. The lowest BCUT2D eigenvalue weighted by molar-refractivity contribution is -0.137.